The Morgan fingerprint density at radius 2 is 2.06 bits per heavy atom. The van der Waals surface area contributed by atoms with Gasteiger partial charge in [0.2, 0.25) is 5.89 Å². The summed E-state index contributed by atoms with van der Waals surface area (Å²) < 4.78 is 11.2. The second-order valence-electron chi connectivity index (χ2n) is 7.66. The lowest BCUT2D eigenvalue weighted by Crippen LogP contribution is -2.49. The summed E-state index contributed by atoms with van der Waals surface area (Å²) in [7, 11) is 0. The van der Waals surface area contributed by atoms with Gasteiger partial charge in [0.25, 0.3) is 11.8 Å². The zero-order chi connectivity index (χ0) is 21.4. The average molecular weight is 418 g/mol. The summed E-state index contributed by atoms with van der Waals surface area (Å²) in [6, 6.07) is 10.0. The van der Waals surface area contributed by atoms with Crippen molar-refractivity contribution >= 4 is 17.1 Å². The molecule has 31 heavy (non-hydrogen) atoms. The van der Waals surface area contributed by atoms with Gasteiger partial charge in [0.1, 0.15) is 6.04 Å². The number of amides is 1. The van der Waals surface area contributed by atoms with Gasteiger partial charge in [0.05, 0.1) is 17.2 Å². The normalized spacial score (nSPS) is 17.7. The number of hydrogen-bond acceptors (Lipinski definition) is 8. The summed E-state index contributed by atoms with van der Waals surface area (Å²) >= 11 is 0. The third kappa shape index (κ3) is 3.57. The number of rotatable bonds is 4. The van der Waals surface area contributed by atoms with Gasteiger partial charge in [-0.1, -0.05) is 17.3 Å². The molecule has 158 valence electrons. The van der Waals surface area contributed by atoms with E-state index in [1.807, 2.05) is 23.1 Å². The highest BCUT2D eigenvalue weighted by Gasteiger charge is 2.36. The number of nitrogens with zero attached hydrogens (tertiary/aromatic N) is 5. The zero-order valence-electron chi connectivity index (χ0n) is 17.1. The SMILES string of the molecule is Cc1noc(-c2ccccc2C(=O)N2CCCCC2C(N)c2nc3ncccc3o2)n1. The molecule has 1 aliphatic heterocycles. The van der Waals surface area contributed by atoms with E-state index in [4.69, 9.17) is 14.7 Å². The third-order valence-corrected chi connectivity index (χ3v) is 5.61. The van der Waals surface area contributed by atoms with Crippen molar-refractivity contribution in [1.29, 1.82) is 0 Å². The molecular formula is C22H22N6O3. The first-order valence-corrected chi connectivity index (χ1v) is 10.3. The molecule has 2 N–H and O–H groups in total. The van der Waals surface area contributed by atoms with Crippen molar-refractivity contribution in [3.63, 3.8) is 0 Å². The van der Waals surface area contributed by atoms with E-state index < -0.39 is 6.04 Å². The first-order valence-electron chi connectivity index (χ1n) is 10.3. The number of nitrogens with two attached hydrogens (primary N) is 1. The minimum Gasteiger partial charge on any atom is -0.437 e. The number of pyridine rings is 1. The van der Waals surface area contributed by atoms with Gasteiger partial charge in [0, 0.05) is 12.7 Å². The molecule has 0 aliphatic carbocycles. The maximum absolute atomic E-state index is 13.6. The highest BCUT2D eigenvalue weighted by atomic mass is 16.5. The Kier molecular flexibility index (Phi) is 4.95. The number of carbonyl (C=O) groups is 1. The van der Waals surface area contributed by atoms with E-state index in [-0.39, 0.29) is 11.9 Å². The third-order valence-electron chi connectivity index (χ3n) is 5.61. The number of carbonyl (C=O) groups excluding carboxylic acids is 1. The van der Waals surface area contributed by atoms with E-state index in [1.165, 1.54) is 0 Å². The van der Waals surface area contributed by atoms with Crippen LogP contribution in [-0.4, -0.2) is 43.5 Å². The van der Waals surface area contributed by atoms with E-state index in [1.54, 1.807) is 31.3 Å². The highest BCUT2D eigenvalue weighted by Crippen LogP contribution is 2.31. The second-order valence-corrected chi connectivity index (χ2v) is 7.66. The van der Waals surface area contributed by atoms with Crippen LogP contribution < -0.4 is 5.73 Å². The van der Waals surface area contributed by atoms with Crippen LogP contribution in [0.5, 0.6) is 0 Å². The van der Waals surface area contributed by atoms with Crippen LogP contribution in [0.3, 0.4) is 0 Å². The number of oxazole rings is 1. The molecular weight excluding hydrogens is 396 g/mol. The molecule has 4 heterocycles. The van der Waals surface area contributed by atoms with Gasteiger partial charge in [-0.2, -0.15) is 9.97 Å². The molecule has 9 heteroatoms. The summed E-state index contributed by atoms with van der Waals surface area (Å²) in [5.74, 6) is 1.10. The molecule has 1 fully saturated rings. The molecule has 4 aromatic rings. The maximum atomic E-state index is 13.6. The van der Waals surface area contributed by atoms with Crippen molar-refractivity contribution in [2.24, 2.45) is 5.73 Å². The predicted octanol–water partition coefficient (Wildman–Crippen LogP) is 3.28. The van der Waals surface area contributed by atoms with Crippen molar-refractivity contribution in [1.82, 2.24) is 25.0 Å². The predicted molar refractivity (Wildman–Crippen MR) is 112 cm³/mol. The van der Waals surface area contributed by atoms with E-state index in [9.17, 15) is 4.79 Å². The molecule has 1 aliphatic rings. The maximum Gasteiger partial charge on any atom is 0.258 e. The Hall–Kier alpha value is -3.59. The lowest BCUT2D eigenvalue weighted by molar-refractivity contribution is 0.0561. The number of aryl methyl sites for hydroxylation is 1. The van der Waals surface area contributed by atoms with Crippen molar-refractivity contribution in [3.05, 3.63) is 59.9 Å². The number of aromatic nitrogens is 4. The van der Waals surface area contributed by atoms with E-state index in [0.717, 1.165) is 19.3 Å². The highest BCUT2D eigenvalue weighted by molar-refractivity contribution is 6.00. The Bertz CT molecular complexity index is 1200. The first kappa shape index (κ1) is 19.4. The monoisotopic (exact) mass is 418 g/mol. The first-order chi connectivity index (χ1) is 15.1. The number of likely N-dealkylation sites (tertiary alicyclic amines) is 1. The molecule has 0 bridgehead atoms. The number of benzene rings is 1. The van der Waals surface area contributed by atoms with E-state index >= 15 is 0 Å². The fourth-order valence-corrected chi connectivity index (χ4v) is 4.09. The number of piperidine rings is 1. The fraction of sp³-hybridized carbons (Fsp3) is 0.318. The van der Waals surface area contributed by atoms with E-state index in [2.05, 4.69) is 20.1 Å². The zero-order valence-corrected chi connectivity index (χ0v) is 17.1. The van der Waals surface area contributed by atoms with Crippen molar-refractivity contribution in [3.8, 4) is 11.5 Å². The molecule has 3 aromatic heterocycles. The Morgan fingerprint density at radius 3 is 2.87 bits per heavy atom. The van der Waals surface area contributed by atoms with E-state index in [0.29, 0.717) is 46.5 Å². The largest absolute Gasteiger partial charge is 0.437 e. The molecule has 2 unspecified atom stereocenters. The fourth-order valence-electron chi connectivity index (χ4n) is 4.09. The summed E-state index contributed by atoms with van der Waals surface area (Å²) in [4.78, 5) is 28.4. The molecule has 1 saturated heterocycles. The lowest BCUT2D eigenvalue weighted by Gasteiger charge is -2.38. The minimum absolute atomic E-state index is 0.124. The van der Waals surface area contributed by atoms with Gasteiger partial charge in [-0.05, 0) is 50.5 Å². The van der Waals surface area contributed by atoms with Crippen LogP contribution in [0.4, 0.5) is 0 Å². The van der Waals surface area contributed by atoms with Gasteiger partial charge in [-0.25, -0.2) is 4.98 Å². The van der Waals surface area contributed by atoms with Crippen LogP contribution in [0.25, 0.3) is 22.7 Å². The Morgan fingerprint density at radius 1 is 1.19 bits per heavy atom. The minimum atomic E-state index is -0.559. The van der Waals surface area contributed by atoms with Gasteiger partial charge in [0.15, 0.2) is 17.1 Å². The molecule has 9 nitrogen and oxygen atoms in total. The van der Waals surface area contributed by atoms with Crippen LogP contribution in [0, 0.1) is 6.92 Å². The summed E-state index contributed by atoms with van der Waals surface area (Å²) in [6.07, 6.45) is 4.31. The lowest BCUT2D eigenvalue weighted by atomic mass is 9.94. The van der Waals surface area contributed by atoms with Gasteiger partial charge in [-0.3, -0.25) is 4.79 Å². The van der Waals surface area contributed by atoms with Crippen LogP contribution in [0.1, 0.15) is 47.4 Å². The summed E-state index contributed by atoms with van der Waals surface area (Å²) in [5, 5.41) is 3.85. The standard InChI is InChI=1S/C22H22N6O3/c1-13-25-20(31-27-13)14-7-2-3-8-15(14)22(29)28-12-5-4-9-16(28)18(23)21-26-19-17(30-21)10-6-11-24-19/h2-3,6-8,10-11,16,18H,4-5,9,12,23H2,1H3. The summed E-state index contributed by atoms with van der Waals surface area (Å²) in [5.41, 5.74) is 8.78. The molecule has 1 amide bonds. The van der Waals surface area contributed by atoms with Crippen LogP contribution in [0.15, 0.2) is 51.5 Å². The van der Waals surface area contributed by atoms with Crippen LogP contribution >= 0.6 is 0 Å². The van der Waals surface area contributed by atoms with Crippen molar-refractivity contribution in [2.75, 3.05) is 6.54 Å². The van der Waals surface area contributed by atoms with Crippen molar-refractivity contribution < 1.29 is 13.7 Å². The molecule has 1 aromatic carbocycles. The van der Waals surface area contributed by atoms with Crippen LogP contribution in [0.2, 0.25) is 0 Å². The smallest absolute Gasteiger partial charge is 0.258 e. The molecule has 5 rings (SSSR count). The molecule has 0 radical (unpaired) electrons. The Balaban J connectivity index is 1.48. The molecule has 0 saturated carbocycles. The van der Waals surface area contributed by atoms with Gasteiger partial charge in [-0.15, -0.1) is 0 Å². The molecule has 2 atom stereocenters. The summed E-state index contributed by atoms with van der Waals surface area (Å²) in [6.45, 7) is 2.35. The van der Waals surface area contributed by atoms with Crippen molar-refractivity contribution in [2.45, 2.75) is 38.3 Å². The average Bonchev–Trinajstić information content (AvgIpc) is 3.44. The molecule has 0 spiro atoms. The topological polar surface area (TPSA) is 124 Å². The number of fused-ring (bicyclic) bond motifs is 1. The second kappa shape index (κ2) is 7.92. The van der Waals surface area contributed by atoms with Crippen LogP contribution in [-0.2, 0) is 0 Å². The Labute approximate surface area is 178 Å². The van der Waals surface area contributed by atoms with Gasteiger partial charge >= 0.3 is 0 Å². The quantitative estimate of drug-likeness (QED) is 0.535. The number of hydrogen-bond donors (Lipinski definition) is 1. The van der Waals surface area contributed by atoms with Gasteiger partial charge < -0.3 is 19.6 Å².